The average Bonchev–Trinajstić information content (AvgIpc) is 3.06. The standard InChI is InChI=1S/C22H19N3O3/c1-14-24-19-13-18(8-9-20(19)28-14)25-21(26)10-11-23-22(27)17-7-6-15-4-2-3-5-16(15)12-17/h2-9,12-13H,10-11H2,1H3,(H,23,27)(H,25,26). The number of nitrogens with one attached hydrogen (secondary N) is 2. The zero-order valence-corrected chi connectivity index (χ0v) is 15.4. The number of carbonyl (C=O) groups is 2. The number of nitrogens with zero attached hydrogens (tertiary/aromatic N) is 1. The van der Waals surface area contributed by atoms with Gasteiger partial charge in [-0.2, -0.15) is 0 Å². The second-order valence-corrected chi connectivity index (χ2v) is 6.53. The zero-order valence-electron chi connectivity index (χ0n) is 15.4. The molecule has 0 unspecified atom stereocenters. The maximum Gasteiger partial charge on any atom is 0.251 e. The lowest BCUT2D eigenvalue weighted by molar-refractivity contribution is -0.116. The van der Waals surface area contributed by atoms with Crippen molar-refractivity contribution in [3.63, 3.8) is 0 Å². The maximum absolute atomic E-state index is 12.3. The van der Waals surface area contributed by atoms with Crippen LogP contribution < -0.4 is 10.6 Å². The van der Waals surface area contributed by atoms with Gasteiger partial charge in [0, 0.05) is 31.1 Å². The van der Waals surface area contributed by atoms with Gasteiger partial charge in [-0.3, -0.25) is 9.59 Å². The van der Waals surface area contributed by atoms with Crippen LogP contribution in [0.25, 0.3) is 21.9 Å². The third kappa shape index (κ3) is 3.86. The van der Waals surface area contributed by atoms with Gasteiger partial charge in [0.1, 0.15) is 5.52 Å². The Bertz CT molecular complexity index is 1180. The summed E-state index contributed by atoms with van der Waals surface area (Å²) in [6, 6.07) is 18.7. The number of hydrogen-bond acceptors (Lipinski definition) is 4. The van der Waals surface area contributed by atoms with Crippen molar-refractivity contribution < 1.29 is 14.0 Å². The molecule has 0 spiro atoms. The number of carbonyl (C=O) groups excluding carboxylic acids is 2. The van der Waals surface area contributed by atoms with Gasteiger partial charge >= 0.3 is 0 Å². The summed E-state index contributed by atoms with van der Waals surface area (Å²) in [7, 11) is 0. The molecule has 6 nitrogen and oxygen atoms in total. The highest BCUT2D eigenvalue weighted by Crippen LogP contribution is 2.20. The molecule has 3 aromatic carbocycles. The summed E-state index contributed by atoms with van der Waals surface area (Å²) in [6.07, 6.45) is 0.176. The third-order valence-corrected chi connectivity index (χ3v) is 4.43. The molecule has 6 heteroatoms. The van der Waals surface area contributed by atoms with E-state index >= 15 is 0 Å². The summed E-state index contributed by atoms with van der Waals surface area (Å²) in [4.78, 5) is 28.7. The molecule has 0 aliphatic carbocycles. The van der Waals surface area contributed by atoms with Crippen LogP contribution in [0.4, 0.5) is 5.69 Å². The van der Waals surface area contributed by atoms with Gasteiger partial charge in [-0.1, -0.05) is 30.3 Å². The molecule has 0 radical (unpaired) electrons. The first-order valence-corrected chi connectivity index (χ1v) is 9.02. The van der Waals surface area contributed by atoms with E-state index in [1.807, 2.05) is 36.4 Å². The molecule has 0 saturated carbocycles. The van der Waals surface area contributed by atoms with Crippen molar-refractivity contribution in [3.05, 3.63) is 72.1 Å². The molecule has 0 fully saturated rings. The molecular formula is C22H19N3O3. The number of aromatic nitrogens is 1. The Morgan fingerprint density at radius 1 is 1.00 bits per heavy atom. The highest BCUT2D eigenvalue weighted by molar-refractivity contribution is 5.99. The number of oxazole rings is 1. The van der Waals surface area contributed by atoms with E-state index in [9.17, 15) is 9.59 Å². The third-order valence-electron chi connectivity index (χ3n) is 4.43. The molecule has 4 aromatic rings. The first-order chi connectivity index (χ1) is 13.6. The fourth-order valence-corrected chi connectivity index (χ4v) is 3.07. The molecule has 28 heavy (non-hydrogen) atoms. The Balaban J connectivity index is 1.31. The smallest absolute Gasteiger partial charge is 0.251 e. The van der Waals surface area contributed by atoms with Crippen LogP contribution in [0.1, 0.15) is 22.7 Å². The van der Waals surface area contributed by atoms with E-state index < -0.39 is 0 Å². The van der Waals surface area contributed by atoms with Crippen molar-refractivity contribution in [2.24, 2.45) is 0 Å². The van der Waals surface area contributed by atoms with Crippen molar-refractivity contribution in [3.8, 4) is 0 Å². The van der Waals surface area contributed by atoms with Crippen molar-refractivity contribution in [2.75, 3.05) is 11.9 Å². The van der Waals surface area contributed by atoms with Gasteiger partial charge in [0.05, 0.1) is 0 Å². The highest BCUT2D eigenvalue weighted by atomic mass is 16.3. The lowest BCUT2D eigenvalue weighted by Crippen LogP contribution is -2.27. The van der Waals surface area contributed by atoms with Gasteiger partial charge in [0.15, 0.2) is 11.5 Å². The van der Waals surface area contributed by atoms with Gasteiger partial charge in [-0.05, 0) is 41.1 Å². The van der Waals surface area contributed by atoms with Crippen LogP contribution in [-0.2, 0) is 4.79 Å². The van der Waals surface area contributed by atoms with Gasteiger partial charge in [0.2, 0.25) is 5.91 Å². The van der Waals surface area contributed by atoms with Crippen molar-refractivity contribution in [1.82, 2.24) is 10.3 Å². The fraction of sp³-hybridized carbons (Fsp3) is 0.136. The van der Waals surface area contributed by atoms with Crippen molar-refractivity contribution in [2.45, 2.75) is 13.3 Å². The van der Waals surface area contributed by atoms with Crippen LogP contribution in [0.2, 0.25) is 0 Å². The molecule has 1 aromatic heterocycles. The Labute approximate surface area is 161 Å². The minimum Gasteiger partial charge on any atom is -0.441 e. The summed E-state index contributed by atoms with van der Waals surface area (Å²) < 4.78 is 5.42. The first-order valence-electron chi connectivity index (χ1n) is 9.02. The van der Waals surface area contributed by atoms with E-state index in [0.29, 0.717) is 28.2 Å². The SMILES string of the molecule is Cc1nc2cc(NC(=O)CCNC(=O)c3ccc4ccccc4c3)ccc2o1. The van der Waals surface area contributed by atoms with Gasteiger partial charge < -0.3 is 15.1 Å². The Kier molecular flexibility index (Phi) is 4.76. The normalized spacial score (nSPS) is 10.9. The van der Waals surface area contributed by atoms with Crippen LogP contribution in [0.15, 0.2) is 65.1 Å². The van der Waals surface area contributed by atoms with Gasteiger partial charge in [-0.15, -0.1) is 0 Å². The number of rotatable bonds is 5. The van der Waals surface area contributed by atoms with Crippen LogP contribution >= 0.6 is 0 Å². The number of benzene rings is 3. The molecule has 140 valence electrons. The predicted octanol–water partition coefficient (Wildman–Crippen LogP) is 4.05. The van der Waals surface area contributed by atoms with E-state index in [2.05, 4.69) is 15.6 Å². The van der Waals surface area contributed by atoms with E-state index in [1.165, 1.54) is 0 Å². The topological polar surface area (TPSA) is 84.2 Å². The summed E-state index contributed by atoms with van der Waals surface area (Å²) >= 11 is 0. The second kappa shape index (κ2) is 7.52. The van der Waals surface area contributed by atoms with Gasteiger partial charge in [-0.25, -0.2) is 4.98 Å². The van der Waals surface area contributed by atoms with Gasteiger partial charge in [0.25, 0.3) is 5.91 Å². The predicted molar refractivity (Wildman–Crippen MR) is 108 cm³/mol. The zero-order chi connectivity index (χ0) is 19.5. The largest absolute Gasteiger partial charge is 0.441 e. The highest BCUT2D eigenvalue weighted by Gasteiger charge is 2.09. The van der Waals surface area contributed by atoms with Crippen LogP contribution in [0.3, 0.4) is 0 Å². The van der Waals surface area contributed by atoms with Crippen molar-refractivity contribution >= 4 is 39.4 Å². The summed E-state index contributed by atoms with van der Waals surface area (Å²) in [5, 5.41) is 7.68. The fourth-order valence-electron chi connectivity index (χ4n) is 3.07. The quantitative estimate of drug-likeness (QED) is 0.553. The summed E-state index contributed by atoms with van der Waals surface area (Å²) in [6.45, 7) is 2.03. The van der Waals surface area contributed by atoms with Crippen LogP contribution in [0.5, 0.6) is 0 Å². The van der Waals surface area contributed by atoms with Crippen LogP contribution in [0, 0.1) is 6.92 Å². The number of hydrogen-bond donors (Lipinski definition) is 2. The molecule has 0 saturated heterocycles. The van der Waals surface area contributed by atoms with Crippen LogP contribution in [-0.4, -0.2) is 23.3 Å². The monoisotopic (exact) mass is 373 g/mol. The molecule has 1 heterocycles. The molecule has 0 bridgehead atoms. The molecule has 2 N–H and O–H groups in total. The van der Waals surface area contributed by atoms with Crippen molar-refractivity contribution in [1.29, 1.82) is 0 Å². The van der Waals surface area contributed by atoms with E-state index in [-0.39, 0.29) is 24.8 Å². The number of amides is 2. The molecule has 4 rings (SSSR count). The molecular weight excluding hydrogens is 354 g/mol. The maximum atomic E-state index is 12.3. The second-order valence-electron chi connectivity index (χ2n) is 6.53. The number of fused-ring (bicyclic) bond motifs is 2. The Hall–Kier alpha value is -3.67. The Morgan fingerprint density at radius 3 is 2.68 bits per heavy atom. The van der Waals surface area contributed by atoms with E-state index in [0.717, 1.165) is 10.8 Å². The molecule has 0 aliphatic heterocycles. The lowest BCUT2D eigenvalue weighted by Gasteiger charge is -2.07. The van der Waals surface area contributed by atoms with E-state index in [1.54, 1.807) is 31.2 Å². The minimum atomic E-state index is -0.196. The van der Waals surface area contributed by atoms with E-state index in [4.69, 9.17) is 4.42 Å². The number of anilines is 1. The molecule has 2 amide bonds. The molecule has 0 aliphatic rings. The summed E-state index contributed by atoms with van der Waals surface area (Å²) in [5.41, 5.74) is 2.59. The molecule has 0 atom stereocenters. The lowest BCUT2D eigenvalue weighted by atomic mass is 10.1. The summed E-state index contributed by atoms with van der Waals surface area (Å²) in [5.74, 6) is 0.200. The Morgan fingerprint density at radius 2 is 1.82 bits per heavy atom. The first kappa shape index (κ1) is 17.7. The minimum absolute atomic E-state index is 0.176. The average molecular weight is 373 g/mol. The number of aryl methyl sites for hydroxylation is 1.